The van der Waals surface area contributed by atoms with Crippen molar-refractivity contribution in [3.05, 3.63) is 69.7 Å². The van der Waals surface area contributed by atoms with Crippen molar-refractivity contribution < 1.29 is 9.21 Å². The lowest BCUT2D eigenvalue weighted by molar-refractivity contribution is -0.121. The van der Waals surface area contributed by atoms with Crippen molar-refractivity contribution in [3.8, 4) is 0 Å². The van der Waals surface area contributed by atoms with Gasteiger partial charge < -0.3 is 9.73 Å². The first kappa shape index (κ1) is 16.1. The van der Waals surface area contributed by atoms with Gasteiger partial charge in [-0.2, -0.15) is 0 Å². The summed E-state index contributed by atoms with van der Waals surface area (Å²) in [4.78, 5) is 23.5. The average molecular weight is 324 g/mol. The minimum atomic E-state index is -0.377. The molecule has 0 radical (unpaired) electrons. The molecular weight excluding hydrogens is 304 g/mol. The van der Waals surface area contributed by atoms with Crippen LogP contribution >= 0.6 is 0 Å². The minimum absolute atomic E-state index is 0.0109. The number of carbonyl (C=O) groups is 1. The fraction of sp³-hybridized carbons (Fsp3) is 0.263. The zero-order chi connectivity index (χ0) is 17.1. The second kappa shape index (κ2) is 6.74. The summed E-state index contributed by atoms with van der Waals surface area (Å²) >= 11 is 0. The van der Waals surface area contributed by atoms with Gasteiger partial charge in [0.15, 0.2) is 5.58 Å². The highest BCUT2D eigenvalue weighted by Crippen LogP contribution is 2.15. The lowest BCUT2D eigenvalue weighted by atomic mass is 10.1. The molecule has 3 rings (SSSR count). The highest BCUT2D eigenvalue weighted by atomic mass is 16.4. The van der Waals surface area contributed by atoms with E-state index in [0.717, 1.165) is 16.6 Å². The highest BCUT2D eigenvalue weighted by Gasteiger charge is 2.08. The maximum atomic E-state index is 12.0. The molecule has 1 aromatic heterocycles. The number of aromatic nitrogens is 1. The number of nitrogens with one attached hydrogen (secondary N) is 1. The first-order valence-electron chi connectivity index (χ1n) is 7.93. The fourth-order valence-electron chi connectivity index (χ4n) is 2.58. The van der Waals surface area contributed by atoms with E-state index in [2.05, 4.69) is 5.32 Å². The van der Waals surface area contributed by atoms with Crippen LogP contribution in [0.2, 0.25) is 0 Å². The minimum Gasteiger partial charge on any atom is -0.408 e. The van der Waals surface area contributed by atoms with Crippen LogP contribution in [-0.4, -0.2) is 10.5 Å². The number of fused-ring (bicyclic) bond motifs is 1. The van der Waals surface area contributed by atoms with Gasteiger partial charge in [-0.1, -0.05) is 35.9 Å². The van der Waals surface area contributed by atoms with Crippen molar-refractivity contribution in [2.24, 2.45) is 7.05 Å². The molecule has 0 saturated heterocycles. The van der Waals surface area contributed by atoms with Gasteiger partial charge in [0, 0.05) is 20.0 Å². The van der Waals surface area contributed by atoms with Crippen molar-refractivity contribution in [1.82, 2.24) is 9.88 Å². The SMILES string of the molecule is Cc1ccc(CNC(=O)CCc2ccc3oc(=O)n(C)c3c2)cc1. The molecule has 2 aromatic carbocycles. The predicted octanol–water partition coefficient (Wildman–Crippen LogP) is 2.69. The molecule has 1 heterocycles. The molecule has 1 amide bonds. The summed E-state index contributed by atoms with van der Waals surface area (Å²) in [6, 6.07) is 13.7. The van der Waals surface area contributed by atoms with Crippen LogP contribution in [0.5, 0.6) is 0 Å². The van der Waals surface area contributed by atoms with Gasteiger partial charge in [-0.05, 0) is 36.6 Å². The second-order valence-corrected chi connectivity index (χ2v) is 5.99. The van der Waals surface area contributed by atoms with Crippen LogP contribution < -0.4 is 11.1 Å². The largest absolute Gasteiger partial charge is 0.419 e. The number of amides is 1. The Morgan fingerprint density at radius 3 is 2.58 bits per heavy atom. The molecule has 0 bridgehead atoms. The van der Waals surface area contributed by atoms with E-state index < -0.39 is 0 Å². The lowest BCUT2D eigenvalue weighted by Crippen LogP contribution is -2.22. The third-order valence-electron chi connectivity index (χ3n) is 4.11. The van der Waals surface area contributed by atoms with Crippen LogP contribution in [0.15, 0.2) is 51.7 Å². The molecule has 24 heavy (non-hydrogen) atoms. The number of hydrogen-bond donors (Lipinski definition) is 1. The third kappa shape index (κ3) is 3.56. The summed E-state index contributed by atoms with van der Waals surface area (Å²) in [5.74, 6) is -0.366. The molecule has 0 fully saturated rings. The number of aryl methyl sites for hydroxylation is 3. The van der Waals surface area contributed by atoms with Gasteiger partial charge in [-0.25, -0.2) is 4.79 Å². The molecule has 5 nitrogen and oxygen atoms in total. The predicted molar refractivity (Wildman–Crippen MR) is 92.8 cm³/mol. The van der Waals surface area contributed by atoms with Gasteiger partial charge in [0.1, 0.15) is 0 Å². The van der Waals surface area contributed by atoms with Gasteiger partial charge in [-0.3, -0.25) is 9.36 Å². The number of nitrogens with zero attached hydrogens (tertiary/aromatic N) is 1. The number of carbonyl (C=O) groups excluding carboxylic acids is 1. The zero-order valence-electron chi connectivity index (χ0n) is 13.8. The first-order chi connectivity index (χ1) is 11.5. The highest BCUT2D eigenvalue weighted by molar-refractivity contribution is 5.77. The molecule has 0 atom stereocenters. The topological polar surface area (TPSA) is 64.2 Å². The van der Waals surface area contributed by atoms with Gasteiger partial charge in [-0.15, -0.1) is 0 Å². The van der Waals surface area contributed by atoms with E-state index >= 15 is 0 Å². The molecule has 0 aliphatic heterocycles. The molecule has 0 aliphatic rings. The Morgan fingerprint density at radius 2 is 1.83 bits per heavy atom. The van der Waals surface area contributed by atoms with Gasteiger partial charge in [0.25, 0.3) is 0 Å². The maximum absolute atomic E-state index is 12.0. The Labute approximate surface area is 139 Å². The summed E-state index contributed by atoms with van der Waals surface area (Å²) in [6.45, 7) is 2.57. The number of hydrogen-bond acceptors (Lipinski definition) is 3. The van der Waals surface area contributed by atoms with Crippen LogP contribution in [0.25, 0.3) is 11.1 Å². The van der Waals surface area contributed by atoms with E-state index in [1.807, 2.05) is 43.3 Å². The van der Waals surface area contributed by atoms with Crippen LogP contribution in [0, 0.1) is 6.92 Å². The van der Waals surface area contributed by atoms with Gasteiger partial charge in [0.2, 0.25) is 5.91 Å². The van der Waals surface area contributed by atoms with Crippen molar-refractivity contribution in [2.45, 2.75) is 26.3 Å². The van der Waals surface area contributed by atoms with Crippen LogP contribution in [-0.2, 0) is 24.8 Å². The summed E-state index contributed by atoms with van der Waals surface area (Å²) in [5, 5.41) is 2.93. The zero-order valence-corrected chi connectivity index (χ0v) is 13.8. The number of oxazole rings is 1. The second-order valence-electron chi connectivity index (χ2n) is 5.99. The molecule has 5 heteroatoms. The van der Waals surface area contributed by atoms with Crippen molar-refractivity contribution >= 4 is 17.0 Å². The molecule has 0 spiro atoms. The molecule has 0 unspecified atom stereocenters. The number of rotatable bonds is 5. The van der Waals surface area contributed by atoms with E-state index in [1.165, 1.54) is 10.1 Å². The van der Waals surface area contributed by atoms with E-state index in [1.54, 1.807) is 13.1 Å². The smallest absolute Gasteiger partial charge is 0.408 e. The van der Waals surface area contributed by atoms with Crippen molar-refractivity contribution in [3.63, 3.8) is 0 Å². The molecule has 0 saturated carbocycles. The fourth-order valence-corrected chi connectivity index (χ4v) is 2.58. The summed E-state index contributed by atoms with van der Waals surface area (Å²) in [6.07, 6.45) is 1.03. The Hall–Kier alpha value is -2.82. The summed E-state index contributed by atoms with van der Waals surface area (Å²) in [5.41, 5.74) is 4.61. The van der Waals surface area contributed by atoms with E-state index in [-0.39, 0.29) is 11.7 Å². The monoisotopic (exact) mass is 324 g/mol. The number of benzene rings is 2. The van der Waals surface area contributed by atoms with Crippen LogP contribution in [0.4, 0.5) is 0 Å². The van der Waals surface area contributed by atoms with Gasteiger partial charge in [0.05, 0.1) is 5.52 Å². The lowest BCUT2D eigenvalue weighted by Gasteiger charge is -2.06. The standard InChI is InChI=1S/C19H20N2O3/c1-13-3-5-15(6-4-13)12-20-18(22)10-8-14-7-9-17-16(11-14)21(2)19(23)24-17/h3-7,9,11H,8,10,12H2,1-2H3,(H,20,22). The quantitative estimate of drug-likeness (QED) is 0.785. The first-order valence-corrected chi connectivity index (χ1v) is 7.93. The van der Waals surface area contributed by atoms with Crippen molar-refractivity contribution in [2.75, 3.05) is 0 Å². The average Bonchev–Trinajstić information content (AvgIpc) is 2.87. The molecule has 124 valence electrons. The Bertz CT molecular complexity index is 920. The van der Waals surface area contributed by atoms with Gasteiger partial charge >= 0.3 is 5.76 Å². The Kier molecular flexibility index (Phi) is 4.51. The summed E-state index contributed by atoms with van der Waals surface area (Å²) < 4.78 is 6.57. The molecule has 0 aliphatic carbocycles. The van der Waals surface area contributed by atoms with Crippen molar-refractivity contribution in [1.29, 1.82) is 0 Å². The van der Waals surface area contributed by atoms with E-state index in [0.29, 0.717) is 25.0 Å². The third-order valence-corrected chi connectivity index (χ3v) is 4.11. The molecule has 3 aromatic rings. The Morgan fingerprint density at radius 1 is 1.12 bits per heavy atom. The normalized spacial score (nSPS) is 10.9. The van der Waals surface area contributed by atoms with Crippen LogP contribution in [0.3, 0.4) is 0 Å². The van der Waals surface area contributed by atoms with E-state index in [4.69, 9.17) is 4.42 Å². The molecule has 1 N–H and O–H groups in total. The maximum Gasteiger partial charge on any atom is 0.419 e. The Balaban J connectivity index is 1.57. The molecular formula is C19H20N2O3. The summed E-state index contributed by atoms with van der Waals surface area (Å²) in [7, 11) is 1.67. The van der Waals surface area contributed by atoms with E-state index in [9.17, 15) is 9.59 Å². The van der Waals surface area contributed by atoms with Crippen LogP contribution in [0.1, 0.15) is 23.1 Å².